The van der Waals surface area contributed by atoms with E-state index in [2.05, 4.69) is 10.2 Å². The molecule has 0 aliphatic carbocycles. The fraction of sp³-hybridized carbons (Fsp3) is 0.533. The van der Waals surface area contributed by atoms with Crippen LogP contribution in [0, 0.1) is 5.82 Å². The van der Waals surface area contributed by atoms with Gasteiger partial charge in [-0.1, -0.05) is 6.92 Å². The minimum absolute atomic E-state index is 0.129. The third-order valence-corrected chi connectivity index (χ3v) is 2.84. The number of halogens is 1. The summed E-state index contributed by atoms with van der Waals surface area (Å²) in [6, 6.07) is 5.68. The van der Waals surface area contributed by atoms with Gasteiger partial charge in [0.2, 0.25) is 0 Å². The van der Waals surface area contributed by atoms with Gasteiger partial charge in [0.1, 0.15) is 11.6 Å². The van der Waals surface area contributed by atoms with Crippen molar-refractivity contribution < 1.29 is 13.9 Å². The molecule has 1 amide bonds. The van der Waals surface area contributed by atoms with Crippen LogP contribution in [-0.4, -0.2) is 44.1 Å². The molecule has 0 aromatic heterocycles. The second-order valence-corrected chi connectivity index (χ2v) is 4.92. The number of rotatable bonds is 8. The number of ether oxygens (including phenoxy) is 1. The van der Waals surface area contributed by atoms with Crippen molar-refractivity contribution in [3.63, 3.8) is 0 Å². The molecule has 0 saturated heterocycles. The largest absolute Gasteiger partial charge is 0.481 e. The van der Waals surface area contributed by atoms with Gasteiger partial charge < -0.3 is 15.0 Å². The Morgan fingerprint density at radius 1 is 1.35 bits per heavy atom. The number of hydrogen-bond donors (Lipinski definition) is 1. The van der Waals surface area contributed by atoms with Crippen molar-refractivity contribution in [1.82, 2.24) is 10.2 Å². The highest BCUT2D eigenvalue weighted by atomic mass is 19.1. The Balaban J connectivity index is 2.40. The molecule has 1 atom stereocenters. The van der Waals surface area contributed by atoms with Crippen LogP contribution < -0.4 is 10.1 Å². The molecule has 1 rings (SSSR count). The lowest BCUT2D eigenvalue weighted by molar-refractivity contribution is -0.128. The topological polar surface area (TPSA) is 41.6 Å². The van der Waals surface area contributed by atoms with Crippen molar-refractivity contribution in [2.24, 2.45) is 0 Å². The lowest BCUT2D eigenvalue weighted by Gasteiger charge is -2.17. The summed E-state index contributed by atoms with van der Waals surface area (Å²) in [6.45, 7) is 3.43. The van der Waals surface area contributed by atoms with Gasteiger partial charge in [-0.15, -0.1) is 0 Å². The van der Waals surface area contributed by atoms with Crippen LogP contribution >= 0.6 is 0 Å². The van der Waals surface area contributed by atoms with E-state index in [0.29, 0.717) is 18.7 Å². The van der Waals surface area contributed by atoms with Crippen LogP contribution in [0.2, 0.25) is 0 Å². The average Bonchev–Trinajstić information content (AvgIpc) is 2.42. The molecule has 1 aromatic rings. The zero-order valence-electron chi connectivity index (χ0n) is 12.4. The number of amides is 1. The van der Waals surface area contributed by atoms with E-state index in [1.807, 2.05) is 21.0 Å². The van der Waals surface area contributed by atoms with Crippen molar-refractivity contribution in [3.8, 4) is 5.75 Å². The van der Waals surface area contributed by atoms with Crippen LogP contribution in [0.25, 0.3) is 0 Å². The Hall–Kier alpha value is -1.62. The van der Waals surface area contributed by atoms with Gasteiger partial charge in [-0.2, -0.15) is 0 Å². The van der Waals surface area contributed by atoms with Gasteiger partial charge in [-0.25, -0.2) is 4.39 Å². The third kappa shape index (κ3) is 6.02. The van der Waals surface area contributed by atoms with Crippen LogP contribution in [0.5, 0.6) is 5.75 Å². The third-order valence-electron chi connectivity index (χ3n) is 2.84. The van der Waals surface area contributed by atoms with Crippen molar-refractivity contribution in [3.05, 3.63) is 30.1 Å². The first-order chi connectivity index (χ1) is 9.52. The summed E-state index contributed by atoms with van der Waals surface area (Å²) in [6.07, 6.45) is 0.919. The van der Waals surface area contributed by atoms with Crippen LogP contribution in [0.15, 0.2) is 24.3 Å². The molecule has 0 heterocycles. The molecule has 0 spiro atoms. The predicted octanol–water partition coefficient (Wildman–Crippen LogP) is 2.05. The minimum atomic E-state index is -0.542. The number of carbonyl (C=O) groups excluding carboxylic acids is 1. The Kier molecular flexibility index (Phi) is 7.01. The molecule has 0 unspecified atom stereocenters. The highest BCUT2D eigenvalue weighted by Crippen LogP contribution is 2.14. The van der Waals surface area contributed by atoms with Crippen LogP contribution in [0.3, 0.4) is 0 Å². The maximum atomic E-state index is 12.8. The van der Waals surface area contributed by atoms with Crippen molar-refractivity contribution in [1.29, 1.82) is 0 Å². The minimum Gasteiger partial charge on any atom is -0.481 e. The fourth-order valence-corrected chi connectivity index (χ4v) is 1.72. The van der Waals surface area contributed by atoms with E-state index < -0.39 is 6.10 Å². The molecule has 0 saturated carbocycles. The Bertz CT molecular complexity index is 407. The molecule has 1 N–H and O–H groups in total. The number of benzene rings is 1. The second-order valence-electron chi connectivity index (χ2n) is 4.92. The smallest absolute Gasteiger partial charge is 0.261 e. The summed E-state index contributed by atoms with van der Waals surface area (Å²) in [5.41, 5.74) is 0. The van der Waals surface area contributed by atoms with E-state index in [4.69, 9.17) is 4.74 Å². The van der Waals surface area contributed by atoms with Gasteiger partial charge in [0, 0.05) is 6.54 Å². The summed E-state index contributed by atoms with van der Waals surface area (Å²) >= 11 is 0. The monoisotopic (exact) mass is 282 g/mol. The highest BCUT2D eigenvalue weighted by Gasteiger charge is 2.17. The molecule has 0 aliphatic rings. The van der Waals surface area contributed by atoms with Gasteiger partial charge in [0.05, 0.1) is 0 Å². The lowest BCUT2D eigenvalue weighted by atomic mass is 10.2. The second kappa shape index (κ2) is 8.53. The standard InChI is InChI=1S/C15H23FN2O2/c1-4-14(15(19)17-10-5-11-18(2)3)20-13-8-6-12(16)7-9-13/h6-9,14H,4-5,10-11H2,1-3H3,(H,17,19)/t14-/m1/s1. The van der Waals surface area contributed by atoms with Crippen LogP contribution in [-0.2, 0) is 4.79 Å². The Morgan fingerprint density at radius 3 is 2.55 bits per heavy atom. The molecule has 0 bridgehead atoms. The predicted molar refractivity (Wildman–Crippen MR) is 77.3 cm³/mol. The van der Waals surface area contributed by atoms with Crippen LogP contribution in [0.1, 0.15) is 19.8 Å². The summed E-state index contributed by atoms with van der Waals surface area (Å²) in [4.78, 5) is 14.0. The number of carbonyl (C=O) groups is 1. The molecule has 4 nitrogen and oxygen atoms in total. The Morgan fingerprint density at radius 2 is 2.00 bits per heavy atom. The fourth-order valence-electron chi connectivity index (χ4n) is 1.72. The maximum absolute atomic E-state index is 12.8. The summed E-state index contributed by atoms with van der Waals surface area (Å²) in [5.74, 6) is 0.0517. The molecule has 0 aliphatic heterocycles. The number of nitrogens with zero attached hydrogens (tertiary/aromatic N) is 1. The molecule has 5 heteroatoms. The number of nitrogens with one attached hydrogen (secondary N) is 1. The average molecular weight is 282 g/mol. The molecule has 1 aromatic carbocycles. The normalized spacial score (nSPS) is 12.2. The summed E-state index contributed by atoms with van der Waals surface area (Å²) in [5, 5.41) is 2.86. The van der Waals surface area contributed by atoms with E-state index >= 15 is 0 Å². The van der Waals surface area contributed by atoms with Gasteiger partial charge in [-0.3, -0.25) is 4.79 Å². The molecule has 0 radical (unpaired) electrons. The maximum Gasteiger partial charge on any atom is 0.261 e. The molecular weight excluding hydrogens is 259 g/mol. The zero-order chi connectivity index (χ0) is 15.0. The lowest BCUT2D eigenvalue weighted by Crippen LogP contribution is -2.39. The summed E-state index contributed by atoms with van der Waals surface area (Å²) < 4.78 is 18.4. The van der Waals surface area contributed by atoms with E-state index in [1.165, 1.54) is 24.3 Å². The molecule has 112 valence electrons. The van der Waals surface area contributed by atoms with E-state index in [1.54, 1.807) is 0 Å². The molecular formula is C15H23FN2O2. The van der Waals surface area contributed by atoms with E-state index in [0.717, 1.165) is 13.0 Å². The summed E-state index contributed by atoms with van der Waals surface area (Å²) in [7, 11) is 3.99. The van der Waals surface area contributed by atoms with E-state index in [9.17, 15) is 9.18 Å². The quantitative estimate of drug-likeness (QED) is 0.742. The van der Waals surface area contributed by atoms with Gasteiger partial charge in [0.25, 0.3) is 5.91 Å². The van der Waals surface area contributed by atoms with Crippen LogP contribution in [0.4, 0.5) is 4.39 Å². The first kappa shape index (κ1) is 16.4. The van der Waals surface area contributed by atoms with Crippen molar-refractivity contribution >= 4 is 5.91 Å². The van der Waals surface area contributed by atoms with Gasteiger partial charge in [0.15, 0.2) is 6.10 Å². The van der Waals surface area contributed by atoms with Crippen molar-refractivity contribution in [2.45, 2.75) is 25.9 Å². The van der Waals surface area contributed by atoms with Crippen molar-refractivity contribution in [2.75, 3.05) is 27.2 Å². The first-order valence-corrected chi connectivity index (χ1v) is 6.87. The Labute approximate surface area is 119 Å². The van der Waals surface area contributed by atoms with Gasteiger partial charge in [-0.05, 0) is 57.7 Å². The zero-order valence-corrected chi connectivity index (χ0v) is 12.4. The molecule has 0 fully saturated rings. The highest BCUT2D eigenvalue weighted by molar-refractivity contribution is 5.81. The first-order valence-electron chi connectivity index (χ1n) is 6.87. The van der Waals surface area contributed by atoms with Gasteiger partial charge >= 0.3 is 0 Å². The molecule has 20 heavy (non-hydrogen) atoms. The van der Waals surface area contributed by atoms with E-state index in [-0.39, 0.29) is 11.7 Å². The SMILES string of the molecule is CC[C@@H](Oc1ccc(F)cc1)C(=O)NCCCN(C)C. The number of hydrogen-bond acceptors (Lipinski definition) is 3.